The highest BCUT2D eigenvalue weighted by Crippen LogP contribution is 2.22. The number of nitrogens with zero attached hydrogens (tertiary/aromatic N) is 1. The largest absolute Gasteiger partial charge is 0.324 e. The van der Waals surface area contributed by atoms with E-state index in [1.807, 2.05) is 12.3 Å². The lowest BCUT2D eigenvalue weighted by atomic mass is 9.96. The number of aromatic nitrogens is 1. The molecule has 1 aromatic rings. The molecule has 1 rings (SSSR count). The van der Waals surface area contributed by atoms with E-state index in [2.05, 4.69) is 34.8 Å². The molecule has 0 saturated heterocycles. The average molecular weight is 257 g/mol. The maximum Gasteiger partial charge on any atom is 0.0410 e. The van der Waals surface area contributed by atoms with Crippen molar-refractivity contribution in [2.24, 2.45) is 11.7 Å². The van der Waals surface area contributed by atoms with E-state index in [-0.39, 0.29) is 6.04 Å². The molecule has 0 aromatic carbocycles. The first kappa shape index (κ1) is 11.7. The van der Waals surface area contributed by atoms with Crippen molar-refractivity contribution in [1.82, 2.24) is 4.98 Å². The van der Waals surface area contributed by atoms with E-state index < -0.39 is 0 Å². The molecule has 1 aromatic heterocycles. The fourth-order valence-corrected chi connectivity index (χ4v) is 1.75. The maximum absolute atomic E-state index is 6.08. The van der Waals surface area contributed by atoms with E-state index in [1.54, 1.807) is 6.20 Å². The van der Waals surface area contributed by atoms with E-state index in [0.29, 0.717) is 5.92 Å². The highest BCUT2D eigenvalue weighted by Gasteiger charge is 2.10. The molecule has 2 nitrogen and oxygen atoms in total. The molecular weight excluding hydrogens is 240 g/mol. The van der Waals surface area contributed by atoms with Gasteiger partial charge in [0.1, 0.15) is 0 Å². The minimum Gasteiger partial charge on any atom is -0.324 e. The van der Waals surface area contributed by atoms with Gasteiger partial charge >= 0.3 is 0 Å². The molecule has 0 radical (unpaired) electrons. The first-order valence-electron chi connectivity index (χ1n) is 4.99. The van der Waals surface area contributed by atoms with Crippen molar-refractivity contribution in [3.8, 4) is 0 Å². The van der Waals surface area contributed by atoms with Gasteiger partial charge in [-0.3, -0.25) is 4.98 Å². The minimum atomic E-state index is 0.106. The Kier molecular flexibility index (Phi) is 4.55. The van der Waals surface area contributed by atoms with Gasteiger partial charge < -0.3 is 5.73 Å². The Balaban J connectivity index is 2.64. The Morgan fingerprint density at radius 1 is 1.50 bits per heavy atom. The van der Waals surface area contributed by atoms with Crippen LogP contribution in [0.1, 0.15) is 38.3 Å². The van der Waals surface area contributed by atoms with Crippen LogP contribution in [0.5, 0.6) is 0 Å². The van der Waals surface area contributed by atoms with Gasteiger partial charge in [-0.15, -0.1) is 0 Å². The summed E-state index contributed by atoms with van der Waals surface area (Å²) >= 11 is 3.40. The first-order chi connectivity index (χ1) is 6.63. The molecule has 0 saturated carbocycles. The van der Waals surface area contributed by atoms with Crippen LogP contribution in [0.2, 0.25) is 0 Å². The molecule has 14 heavy (non-hydrogen) atoms. The lowest BCUT2D eigenvalue weighted by Crippen LogP contribution is -2.14. The summed E-state index contributed by atoms with van der Waals surface area (Å²) in [6.07, 6.45) is 5.82. The molecule has 0 amide bonds. The number of hydrogen-bond acceptors (Lipinski definition) is 2. The fourth-order valence-electron chi connectivity index (χ4n) is 1.37. The van der Waals surface area contributed by atoms with Crippen molar-refractivity contribution in [3.63, 3.8) is 0 Å². The number of hydrogen-bond donors (Lipinski definition) is 1. The van der Waals surface area contributed by atoms with Gasteiger partial charge in [-0.25, -0.2) is 0 Å². The smallest absolute Gasteiger partial charge is 0.0410 e. The summed E-state index contributed by atoms with van der Waals surface area (Å²) in [6, 6.07) is 2.15. The molecule has 1 heterocycles. The van der Waals surface area contributed by atoms with Gasteiger partial charge in [-0.05, 0) is 39.9 Å². The molecule has 0 aliphatic rings. The molecule has 2 atom stereocenters. The van der Waals surface area contributed by atoms with Crippen LogP contribution in [0, 0.1) is 5.92 Å². The van der Waals surface area contributed by atoms with Crippen molar-refractivity contribution < 1.29 is 0 Å². The van der Waals surface area contributed by atoms with E-state index in [0.717, 1.165) is 16.5 Å². The molecule has 2 unspecified atom stereocenters. The van der Waals surface area contributed by atoms with Crippen molar-refractivity contribution in [3.05, 3.63) is 28.5 Å². The van der Waals surface area contributed by atoms with E-state index in [9.17, 15) is 0 Å². The quantitative estimate of drug-likeness (QED) is 0.898. The van der Waals surface area contributed by atoms with Gasteiger partial charge in [-0.1, -0.05) is 20.3 Å². The monoisotopic (exact) mass is 256 g/mol. The van der Waals surface area contributed by atoms with Crippen LogP contribution in [0.4, 0.5) is 0 Å². The summed E-state index contributed by atoms with van der Waals surface area (Å²) in [5.41, 5.74) is 7.19. The molecule has 0 fully saturated rings. The molecule has 0 bridgehead atoms. The third kappa shape index (κ3) is 3.39. The van der Waals surface area contributed by atoms with E-state index in [1.165, 1.54) is 6.42 Å². The zero-order valence-electron chi connectivity index (χ0n) is 8.70. The van der Waals surface area contributed by atoms with Crippen LogP contribution in [0.15, 0.2) is 22.9 Å². The van der Waals surface area contributed by atoms with Crippen molar-refractivity contribution in [2.45, 2.75) is 32.7 Å². The Morgan fingerprint density at radius 3 is 2.79 bits per heavy atom. The number of pyridine rings is 1. The molecule has 2 N–H and O–H groups in total. The maximum atomic E-state index is 6.08. The second-order valence-electron chi connectivity index (χ2n) is 3.79. The summed E-state index contributed by atoms with van der Waals surface area (Å²) in [5.74, 6) is 0.670. The molecule has 0 spiro atoms. The highest BCUT2D eigenvalue weighted by molar-refractivity contribution is 9.10. The predicted molar refractivity (Wildman–Crippen MR) is 62.9 cm³/mol. The average Bonchev–Trinajstić information content (AvgIpc) is 2.17. The van der Waals surface area contributed by atoms with Gasteiger partial charge in [0, 0.05) is 22.9 Å². The Labute approximate surface area is 94.0 Å². The number of rotatable bonds is 4. The Hall–Kier alpha value is -0.410. The van der Waals surface area contributed by atoms with Gasteiger partial charge in [0.25, 0.3) is 0 Å². The van der Waals surface area contributed by atoms with Crippen LogP contribution in [-0.2, 0) is 0 Å². The standard InChI is InChI=1S/C11H17BrN2/c1-3-8(2)4-11(13)9-5-10(12)7-14-6-9/h5-8,11H,3-4,13H2,1-2H3. The normalized spacial score (nSPS) is 15.1. The molecule has 78 valence electrons. The second kappa shape index (κ2) is 5.47. The van der Waals surface area contributed by atoms with Gasteiger partial charge in [-0.2, -0.15) is 0 Å². The molecule has 0 aliphatic heterocycles. The summed E-state index contributed by atoms with van der Waals surface area (Å²) in [7, 11) is 0. The Morgan fingerprint density at radius 2 is 2.21 bits per heavy atom. The van der Waals surface area contributed by atoms with Gasteiger partial charge in [0.2, 0.25) is 0 Å². The SMILES string of the molecule is CCC(C)CC(N)c1cncc(Br)c1. The third-order valence-corrected chi connectivity index (χ3v) is 2.94. The van der Waals surface area contributed by atoms with Crippen molar-refractivity contribution >= 4 is 15.9 Å². The molecular formula is C11H17BrN2. The van der Waals surface area contributed by atoms with Gasteiger partial charge in [0.15, 0.2) is 0 Å². The zero-order valence-corrected chi connectivity index (χ0v) is 10.3. The predicted octanol–water partition coefficient (Wildman–Crippen LogP) is 3.28. The molecule has 0 aliphatic carbocycles. The third-order valence-electron chi connectivity index (χ3n) is 2.51. The summed E-state index contributed by atoms with van der Waals surface area (Å²) < 4.78 is 0.995. The fraction of sp³-hybridized carbons (Fsp3) is 0.545. The lowest BCUT2D eigenvalue weighted by Gasteiger charge is -2.15. The zero-order chi connectivity index (χ0) is 10.6. The van der Waals surface area contributed by atoms with E-state index >= 15 is 0 Å². The highest BCUT2D eigenvalue weighted by atomic mass is 79.9. The summed E-state index contributed by atoms with van der Waals surface area (Å²) in [6.45, 7) is 4.42. The minimum absolute atomic E-state index is 0.106. The lowest BCUT2D eigenvalue weighted by molar-refractivity contribution is 0.460. The number of halogens is 1. The van der Waals surface area contributed by atoms with Crippen molar-refractivity contribution in [2.75, 3.05) is 0 Å². The Bertz CT molecular complexity index is 288. The van der Waals surface area contributed by atoms with Crippen molar-refractivity contribution in [1.29, 1.82) is 0 Å². The van der Waals surface area contributed by atoms with Crippen LogP contribution >= 0.6 is 15.9 Å². The van der Waals surface area contributed by atoms with Crippen LogP contribution in [0.25, 0.3) is 0 Å². The van der Waals surface area contributed by atoms with Crippen LogP contribution < -0.4 is 5.73 Å². The topological polar surface area (TPSA) is 38.9 Å². The summed E-state index contributed by atoms with van der Waals surface area (Å²) in [4.78, 5) is 4.11. The van der Waals surface area contributed by atoms with E-state index in [4.69, 9.17) is 5.73 Å². The van der Waals surface area contributed by atoms with Crippen LogP contribution in [0.3, 0.4) is 0 Å². The number of nitrogens with two attached hydrogens (primary N) is 1. The summed E-state index contributed by atoms with van der Waals surface area (Å²) in [5, 5.41) is 0. The first-order valence-corrected chi connectivity index (χ1v) is 5.78. The second-order valence-corrected chi connectivity index (χ2v) is 4.71. The van der Waals surface area contributed by atoms with Crippen LogP contribution in [-0.4, -0.2) is 4.98 Å². The molecule has 3 heteroatoms. The van der Waals surface area contributed by atoms with Gasteiger partial charge in [0.05, 0.1) is 0 Å².